The van der Waals surface area contributed by atoms with E-state index in [1.54, 1.807) is 0 Å². The quantitative estimate of drug-likeness (QED) is 0.875. The molecule has 5 nitrogen and oxygen atoms in total. The van der Waals surface area contributed by atoms with Crippen LogP contribution in [0.1, 0.15) is 44.0 Å². The van der Waals surface area contributed by atoms with Crippen molar-refractivity contribution in [3.8, 4) is 0 Å². The van der Waals surface area contributed by atoms with Gasteiger partial charge in [-0.3, -0.25) is 0 Å². The maximum Gasteiger partial charge on any atom is 0.135 e. The Labute approximate surface area is 115 Å². The summed E-state index contributed by atoms with van der Waals surface area (Å²) < 4.78 is 5.51. The van der Waals surface area contributed by atoms with Crippen molar-refractivity contribution in [2.24, 2.45) is 0 Å². The fraction of sp³-hybridized carbons (Fsp3) is 0.714. The minimum Gasteiger partial charge on any atom is -0.379 e. The molecule has 0 bridgehead atoms. The first-order valence-electron chi connectivity index (χ1n) is 7.02. The highest BCUT2D eigenvalue weighted by atomic mass is 16.5. The van der Waals surface area contributed by atoms with Gasteiger partial charge in [0, 0.05) is 25.1 Å². The first-order chi connectivity index (χ1) is 9.11. The summed E-state index contributed by atoms with van der Waals surface area (Å²) in [5.41, 5.74) is 1.07. The van der Waals surface area contributed by atoms with Gasteiger partial charge in [0.05, 0.1) is 12.6 Å². The minimum absolute atomic E-state index is 0.316. The van der Waals surface area contributed by atoms with Crippen molar-refractivity contribution in [2.75, 3.05) is 30.9 Å². The molecule has 106 valence electrons. The molecule has 0 radical (unpaired) electrons. The van der Waals surface area contributed by atoms with E-state index >= 15 is 0 Å². The Balaban J connectivity index is 2.24. The Morgan fingerprint density at radius 1 is 1.26 bits per heavy atom. The topological polar surface area (TPSA) is 59.1 Å². The molecule has 0 saturated carbocycles. The van der Waals surface area contributed by atoms with Crippen LogP contribution in [0.3, 0.4) is 0 Å². The Hall–Kier alpha value is -1.36. The molecule has 1 aromatic heterocycles. The summed E-state index contributed by atoms with van der Waals surface area (Å²) in [7, 11) is 1.90. The van der Waals surface area contributed by atoms with Gasteiger partial charge in [0.2, 0.25) is 0 Å². The number of ether oxygens (including phenoxy) is 1. The zero-order valence-corrected chi connectivity index (χ0v) is 12.3. The van der Waals surface area contributed by atoms with Gasteiger partial charge in [-0.1, -0.05) is 13.8 Å². The van der Waals surface area contributed by atoms with E-state index in [4.69, 9.17) is 4.74 Å². The van der Waals surface area contributed by atoms with Crippen LogP contribution in [0.5, 0.6) is 0 Å². The van der Waals surface area contributed by atoms with Crippen molar-refractivity contribution in [3.63, 3.8) is 0 Å². The highest BCUT2D eigenvalue weighted by molar-refractivity contribution is 5.57. The predicted octanol–water partition coefficient (Wildman–Crippen LogP) is 2.54. The molecule has 1 aromatic rings. The molecule has 1 atom stereocenters. The second-order valence-electron chi connectivity index (χ2n) is 5.37. The summed E-state index contributed by atoms with van der Waals surface area (Å²) in [6.45, 7) is 7.90. The standard InChI is InChI=1S/C14H24N4O/c1-9(2)12-17-13(15-4)10(3)14(18-12)16-11-6-5-7-19-8-11/h9,11H,5-8H2,1-4H3,(H2,15,16,17,18). The van der Waals surface area contributed by atoms with Crippen LogP contribution in [-0.4, -0.2) is 36.3 Å². The van der Waals surface area contributed by atoms with Crippen LogP contribution in [0.25, 0.3) is 0 Å². The number of aromatic nitrogens is 2. The van der Waals surface area contributed by atoms with Gasteiger partial charge < -0.3 is 15.4 Å². The van der Waals surface area contributed by atoms with Crippen molar-refractivity contribution in [1.82, 2.24) is 9.97 Å². The lowest BCUT2D eigenvalue weighted by Crippen LogP contribution is -2.31. The highest BCUT2D eigenvalue weighted by Gasteiger charge is 2.18. The number of nitrogens with one attached hydrogen (secondary N) is 2. The van der Waals surface area contributed by atoms with Crippen LogP contribution in [0, 0.1) is 6.92 Å². The SMILES string of the molecule is CNc1nc(C(C)C)nc(NC2CCCOC2)c1C. The van der Waals surface area contributed by atoms with Crippen molar-refractivity contribution in [1.29, 1.82) is 0 Å². The Kier molecular flexibility index (Phi) is 4.58. The molecular weight excluding hydrogens is 240 g/mol. The second-order valence-corrected chi connectivity index (χ2v) is 5.37. The fourth-order valence-corrected chi connectivity index (χ4v) is 2.22. The summed E-state index contributed by atoms with van der Waals surface area (Å²) in [4.78, 5) is 9.21. The van der Waals surface area contributed by atoms with Crippen molar-refractivity contribution < 1.29 is 4.74 Å². The monoisotopic (exact) mass is 264 g/mol. The molecule has 1 aliphatic heterocycles. The van der Waals surface area contributed by atoms with Crippen molar-refractivity contribution in [3.05, 3.63) is 11.4 Å². The second kappa shape index (κ2) is 6.19. The van der Waals surface area contributed by atoms with E-state index in [0.717, 1.165) is 49.1 Å². The third-order valence-corrected chi connectivity index (χ3v) is 3.42. The maximum atomic E-state index is 5.51. The molecule has 1 saturated heterocycles. The number of hydrogen-bond acceptors (Lipinski definition) is 5. The van der Waals surface area contributed by atoms with E-state index in [9.17, 15) is 0 Å². The van der Waals surface area contributed by atoms with Gasteiger partial charge in [-0.2, -0.15) is 0 Å². The van der Waals surface area contributed by atoms with E-state index in [1.807, 2.05) is 14.0 Å². The molecule has 2 heterocycles. The first-order valence-corrected chi connectivity index (χ1v) is 7.02. The van der Waals surface area contributed by atoms with Crippen LogP contribution in [0.2, 0.25) is 0 Å². The molecule has 1 unspecified atom stereocenters. The average molecular weight is 264 g/mol. The molecule has 0 aliphatic carbocycles. The van der Waals surface area contributed by atoms with Gasteiger partial charge in [-0.15, -0.1) is 0 Å². The van der Waals surface area contributed by atoms with Gasteiger partial charge in [0.1, 0.15) is 17.5 Å². The molecule has 0 spiro atoms. The van der Waals surface area contributed by atoms with E-state index in [-0.39, 0.29) is 0 Å². The van der Waals surface area contributed by atoms with Gasteiger partial charge in [0.25, 0.3) is 0 Å². The smallest absolute Gasteiger partial charge is 0.135 e. The predicted molar refractivity (Wildman–Crippen MR) is 77.9 cm³/mol. The first kappa shape index (κ1) is 14.1. The van der Waals surface area contributed by atoms with Crippen LogP contribution in [0.4, 0.5) is 11.6 Å². The van der Waals surface area contributed by atoms with E-state index in [1.165, 1.54) is 0 Å². The molecule has 5 heteroatoms. The van der Waals surface area contributed by atoms with Crippen molar-refractivity contribution >= 4 is 11.6 Å². The average Bonchev–Trinajstić information content (AvgIpc) is 2.42. The summed E-state index contributed by atoms with van der Waals surface area (Å²) in [5, 5.41) is 6.65. The fourth-order valence-electron chi connectivity index (χ4n) is 2.22. The largest absolute Gasteiger partial charge is 0.379 e. The Morgan fingerprint density at radius 2 is 2.00 bits per heavy atom. The number of nitrogens with zero attached hydrogens (tertiary/aromatic N) is 2. The van der Waals surface area contributed by atoms with Gasteiger partial charge in [-0.05, 0) is 19.8 Å². The van der Waals surface area contributed by atoms with E-state index in [0.29, 0.717) is 12.0 Å². The van der Waals surface area contributed by atoms with Gasteiger partial charge in [-0.25, -0.2) is 9.97 Å². The maximum absolute atomic E-state index is 5.51. The molecular formula is C14H24N4O. The van der Waals surface area contributed by atoms with E-state index < -0.39 is 0 Å². The minimum atomic E-state index is 0.316. The normalized spacial score (nSPS) is 19.5. The molecule has 1 fully saturated rings. The highest BCUT2D eigenvalue weighted by Crippen LogP contribution is 2.24. The summed E-state index contributed by atoms with van der Waals surface area (Å²) >= 11 is 0. The lowest BCUT2D eigenvalue weighted by atomic mass is 10.1. The van der Waals surface area contributed by atoms with Crippen LogP contribution in [0.15, 0.2) is 0 Å². The third kappa shape index (κ3) is 3.35. The van der Waals surface area contributed by atoms with Crippen LogP contribution >= 0.6 is 0 Å². The van der Waals surface area contributed by atoms with Gasteiger partial charge in [0.15, 0.2) is 0 Å². The summed E-state index contributed by atoms with van der Waals surface area (Å²) in [5.74, 6) is 3.02. The van der Waals surface area contributed by atoms with Crippen LogP contribution < -0.4 is 10.6 Å². The lowest BCUT2D eigenvalue weighted by Gasteiger charge is -2.25. The Morgan fingerprint density at radius 3 is 2.58 bits per heavy atom. The Bertz CT molecular complexity index is 428. The number of anilines is 2. The molecule has 19 heavy (non-hydrogen) atoms. The van der Waals surface area contributed by atoms with E-state index in [2.05, 4.69) is 34.4 Å². The molecule has 0 amide bonds. The zero-order valence-electron chi connectivity index (χ0n) is 12.3. The lowest BCUT2D eigenvalue weighted by molar-refractivity contribution is 0.0875. The number of rotatable bonds is 4. The molecule has 1 aliphatic rings. The number of hydrogen-bond donors (Lipinski definition) is 2. The molecule has 2 rings (SSSR count). The van der Waals surface area contributed by atoms with Crippen molar-refractivity contribution in [2.45, 2.75) is 45.6 Å². The third-order valence-electron chi connectivity index (χ3n) is 3.42. The summed E-state index contributed by atoms with van der Waals surface area (Å²) in [6, 6.07) is 0.354. The molecule has 2 N–H and O–H groups in total. The molecule has 0 aromatic carbocycles. The van der Waals surface area contributed by atoms with Gasteiger partial charge >= 0.3 is 0 Å². The summed E-state index contributed by atoms with van der Waals surface area (Å²) in [6.07, 6.45) is 2.24. The van der Waals surface area contributed by atoms with Crippen LogP contribution in [-0.2, 0) is 4.74 Å². The zero-order chi connectivity index (χ0) is 13.8.